The zero-order chi connectivity index (χ0) is 13.0. The van der Waals surface area contributed by atoms with E-state index in [1.807, 2.05) is 0 Å². The smallest absolute Gasteiger partial charge is 0.243 e. The van der Waals surface area contributed by atoms with Crippen molar-refractivity contribution in [3.05, 3.63) is 0 Å². The van der Waals surface area contributed by atoms with Crippen LogP contribution in [0.2, 0.25) is 0 Å². The van der Waals surface area contributed by atoms with Gasteiger partial charge in [-0.25, -0.2) is 0 Å². The Morgan fingerprint density at radius 2 is 1.94 bits per heavy atom. The number of hydrogen-bond acceptors (Lipinski definition) is 3. The lowest BCUT2D eigenvalue weighted by Gasteiger charge is -2.32. The van der Waals surface area contributed by atoms with Crippen LogP contribution in [0.15, 0.2) is 0 Å². The van der Waals surface area contributed by atoms with Crippen molar-refractivity contribution in [3.8, 4) is 6.07 Å². The molecule has 0 aromatic rings. The van der Waals surface area contributed by atoms with Crippen molar-refractivity contribution in [1.29, 1.82) is 5.26 Å². The maximum Gasteiger partial charge on any atom is 0.243 e. The molecule has 2 rings (SSSR count). The topological polar surface area (TPSA) is 64.3 Å². The van der Waals surface area contributed by atoms with E-state index in [0.29, 0.717) is 19.4 Å². The van der Waals surface area contributed by atoms with E-state index in [1.165, 1.54) is 0 Å². The summed E-state index contributed by atoms with van der Waals surface area (Å²) in [5, 5.41) is 18.8. The first-order valence-electron chi connectivity index (χ1n) is 7.07. The monoisotopic (exact) mass is 250 g/mol. The van der Waals surface area contributed by atoms with E-state index < -0.39 is 5.41 Å². The van der Waals surface area contributed by atoms with Crippen molar-refractivity contribution in [2.24, 2.45) is 5.41 Å². The van der Waals surface area contributed by atoms with Crippen LogP contribution < -0.4 is 0 Å². The first-order chi connectivity index (χ1) is 8.73. The number of likely N-dealkylation sites (tertiary alicyclic amines) is 1. The number of rotatable bonds is 2. The van der Waals surface area contributed by atoms with Crippen molar-refractivity contribution in [1.82, 2.24) is 4.90 Å². The molecule has 1 heterocycles. The molecule has 1 atom stereocenters. The third kappa shape index (κ3) is 2.37. The second-order valence-corrected chi connectivity index (χ2v) is 5.59. The average molecular weight is 250 g/mol. The zero-order valence-corrected chi connectivity index (χ0v) is 10.9. The summed E-state index contributed by atoms with van der Waals surface area (Å²) < 4.78 is 0. The molecule has 1 saturated carbocycles. The van der Waals surface area contributed by atoms with Crippen LogP contribution in [0.3, 0.4) is 0 Å². The highest BCUT2D eigenvalue weighted by Crippen LogP contribution is 2.37. The summed E-state index contributed by atoms with van der Waals surface area (Å²) in [5.41, 5.74) is -0.811. The van der Waals surface area contributed by atoms with Gasteiger partial charge >= 0.3 is 0 Å². The fourth-order valence-electron chi connectivity index (χ4n) is 3.27. The van der Waals surface area contributed by atoms with Crippen LogP contribution in [0, 0.1) is 16.7 Å². The number of amides is 1. The molecule has 1 aliphatic heterocycles. The van der Waals surface area contributed by atoms with Crippen LogP contribution in [-0.2, 0) is 4.79 Å². The van der Waals surface area contributed by atoms with E-state index in [4.69, 9.17) is 0 Å². The highest BCUT2D eigenvalue weighted by atomic mass is 16.3. The number of aliphatic hydroxyl groups is 1. The molecular weight excluding hydrogens is 228 g/mol. The second kappa shape index (κ2) is 5.71. The lowest BCUT2D eigenvalue weighted by molar-refractivity contribution is -0.141. The van der Waals surface area contributed by atoms with Crippen molar-refractivity contribution in [2.75, 3.05) is 13.2 Å². The van der Waals surface area contributed by atoms with Crippen LogP contribution in [0.1, 0.15) is 51.4 Å². The minimum absolute atomic E-state index is 0.0211. The molecule has 4 heteroatoms. The Bertz CT molecular complexity index is 340. The Morgan fingerprint density at radius 3 is 2.50 bits per heavy atom. The van der Waals surface area contributed by atoms with E-state index in [1.54, 1.807) is 4.90 Å². The third-order valence-corrected chi connectivity index (χ3v) is 4.43. The molecule has 0 radical (unpaired) electrons. The van der Waals surface area contributed by atoms with E-state index in [2.05, 4.69) is 6.07 Å². The summed E-state index contributed by atoms with van der Waals surface area (Å²) in [7, 11) is 0. The minimum Gasteiger partial charge on any atom is -0.394 e. The van der Waals surface area contributed by atoms with Crippen LogP contribution in [-0.4, -0.2) is 35.1 Å². The lowest BCUT2D eigenvalue weighted by Crippen LogP contribution is -2.46. The van der Waals surface area contributed by atoms with Gasteiger partial charge in [0.2, 0.25) is 5.91 Å². The van der Waals surface area contributed by atoms with Crippen LogP contribution >= 0.6 is 0 Å². The van der Waals surface area contributed by atoms with Crippen molar-refractivity contribution < 1.29 is 9.90 Å². The molecule has 4 nitrogen and oxygen atoms in total. The van der Waals surface area contributed by atoms with Crippen molar-refractivity contribution in [3.63, 3.8) is 0 Å². The predicted molar refractivity (Wildman–Crippen MR) is 67.6 cm³/mol. The van der Waals surface area contributed by atoms with Crippen LogP contribution in [0.25, 0.3) is 0 Å². The summed E-state index contributed by atoms with van der Waals surface area (Å²) in [6.45, 7) is 0.723. The standard InChI is InChI=1S/C14H22N2O2/c15-11-14(7-3-1-2-4-8-14)13(18)16-9-5-6-12(16)10-17/h12,17H,1-10H2/t12-/m0/s1. The number of nitriles is 1. The Morgan fingerprint density at radius 1 is 1.28 bits per heavy atom. The van der Waals surface area contributed by atoms with Gasteiger partial charge in [-0.2, -0.15) is 5.26 Å². The molecule has 1 amide bonds. The molecule has 1 N–H and O–H groups in total. The fraction of sp³-hybridized carbons (Fsp3) is 0.857. The largest absolute Gasteiger partial charge is 0.394 e. The van der Waals surface area contributed by atoms with E-state index in [0.717, 1.165) is 38.5 Å². The third-order valence-electron chi connectivity index (χ3n) is 4.43. The van der Waals surface area contributed by atoms with E-state index >= 15 is 0 Å². The van der Waals surface area contributed by atoms with Gasteiger partial charge in [-0.15, -0.1) is 0 Å². The van der Waals surface area contributed by atoms with Crippen LogP contribution in [0.4, 0.5) is 0 Å². The highest BCUT2D eigenvalue weighted by Gasteiger charge is 2.44. The molecule has 0 aromatic carbocycles. The summed E-state index contributed by atoms with van der Waals surface area (Å²) in [5.74, 6) is -0.0246. The molecule has 0 spiro atoms. The molecule has 100 valence electrons. The lowest BCUT2D eigenvalue weighted by atomic mass is 9.80. The van der Waals surface area contributed by atoms with Crippen molar-refractivity contribution in [2.45, 2.75) is 57.4 Å². The fourth-order valence-corrected chi connectivity index (χ4v) is 3.27. The molecule has 1 saturated heterocycles. The Kier molecular flexibility index (Phi) is 4.23. The molecule has 18 heavy (non-hydrogen) atoms. The van der Waals surface area contributed by atoms with Gasteiger partial charge in [-0.1, -0.05) is 25.7 Å². The molecule has 0 bridgehead atoms. The van der Waals surface area contributed by atoms with Gasteiger partial charge in [0.05, 0.1) is 18.7 Å². The summed E-state index contributed by atoms with van der Waals surface area (Å²) in [6, 6.07) is 2.24. The number of hydrogen-bond donors (Lipinski definition) is 1. The van der Waals surface area contributed by atoms with E-state index in [9.17, 15) is 15.2 Å². The summed E-state index contributed by atoms with van der Waals surface area (Å²) in [6.07, 6.45) is 7.38. The molecular formula is C14H22N2O2. The summed E-state index contributed by atoms with van der Waals surface area (Å²) in [4.78, 5) is 14.4. The zero-order valence-electron chi connectivity index (χ0n) is 10.9. The quantitative estimate of drug-likeness (QED) is 0.760. The maximum absolute atomic E-state index is 12.7. The van der Waals surface area contributed by atoms with Gasteiger partial charge in [0.1, 0.15) is 5.41 Å². The molecule has 2 fully saturated rings. The number of nitrogens with zero attached hydrogens (tertiary/aromatic N) is 2. The minimum atomic E-state index is -0.811. The van der Waals surface area contributed by atoms with Gasteiger partial charge in [-0.05, 0) is 25.7 Å². The Labute approximate surface area is 109 Å². The number of aliphatic hydroxyl groups excluding tert-OH is 1. The summed E-state index contributed by atoms with van der Waals surface area (Å²) >= 11 is 0. The van der Waals surface area contributed by atoms with Gasteiger partial charge in [0, 0.05) is 6.54 Å². The van der Waals surface area contributed by atoms with Gasteiger partial charge < -0.3 is 10.0 Å². The number of carbonyl (C=O) groups excluding carboxylic acids is 1. The first kappa shape index (κ1) is 13.4. The molecule has 0 aromatic heterocycles. The normalized spacial score (nSPS) is 27.6. The van der Waals surface area contributed by atoms with Crippen LogP contribution in [0.5, 0.6) is 0 Å². The molecule has 0 unspecified atom stereocenters. The predicted octanol–water partition coefficient (Wildman–Crippen LogP) is 1.83. The van der Waals surface area contributed by atoms with E-state index in [-0.39, 0.29) is 18.6 Å². The Hall–Kier alpha value is -1.08. The van der Waals surface area contributed by atoms with Gasteiger partial charge in [-0.3, -0.25) is 4.79 Å². The second-order valence-electron chi connectivity index (χ2n) is 5.59. The SMILES string of the molecule is N#CC1(C(=O)N2CCC[C@H]2CO)CCCCCC1. The Balaban J connectivity index is 2.16. The molecule has 2 aliphatic rings. The first-order valence-corrected chi connectivity index (χ1v) is 7.07. The number of carbonyl (C=O) groups is 1. The van der Waals surface area contributed by atoms with Crippen molar-refractivity contribution >= 4 is 5.91 Å². The average Bonchev–Trinajstić information content (AvgIpc) is 2.74. The molecule has 1 aliphatic carbocycles. The maximum atomic E-state index is 12.7. The highest BCUT2D eigenvalue weighted by molar-refractivity contribution is 5.86. The van der Waals surface area contributed by atoms with Gasteiger partial charge in [0.15, 0.2) is 0 Å². The van der Waals surface area contributed by atoms with Gasteiger partial charge in [0.25, 0.3) is 0 Å².